The van der Waals surface area contributed by atoms with E-state index in [1.54, 1.807) is 4.90 Å². The highest BCUT2D eigenvalue weighted by Gasteiger charge is 2.35. The van der Waals surface area contributed by atoms with Crippen molar-refractivity contribution in [2.24, 2.45) is 0 Å². The highest BCUT2D eigenvalue weighted by Crippen LogP contribution is 2.23. The van der Waals surface area contributed by atoms with Gasteiger partial charge in [0.2, 0.25) is 15.9 Å². The average molecular weight is 372 g/mol. The van der Waals surface area contributed by atoms with Gasteiger partial charge in [-0.15, -0.1) is 0 Å². The average Bonchev–Trinajstić information content (AvgIpc) is 2.96. The molecule has 0 aliphatic carbocycles. The second-order valence-electron chi connectivity index (χ2n) is 6.37. The monoisotopic (exact) mass is 372 g/mol. The number of hydrogen-bond donors (Lipinski definition) is 1. The molecule has 1 fully saturated rings. The minimum absolute atomic E-state index is 0.0316. The van der Waals surface area contributed by atoms with Gasteiger partial charge in [-0.2, -0.15) is 4.72 Å². The van der Waals surface area contributed by atoms with Crippen molar-refractivity contribution in [3.63, 3.8) is 0 Å². The van der Waals surface area contributed by atoms with Crippen LogP contribution in [0, 0.1) is 6.92 Å². The van der Waals surface area contributed by atoms with Crippen LogP contribution in [0.2, 0.25) is 0 Å². The van der Waals surface area contributed by atoms with Gasteiger partial charge in [0.15, 0.2) is 5.78 Å². The molecule has 0 radical (unpaired) electrons. The molecule has 7 heteroatoms. The molecule has 0 spiro atoms. The van der Waals surface area contributed by atoms with E-state index >= 15 is 0 Å². The lowest BCUT2D eigenvalue weighted by Crippen LogP contribution is -2.41. The minimum atomic E-state index is -3.84. The number of carbonyl (C=O) groups excluding carboxylic acids is 2. The molecule has 6 nitrogen and oxygen atoms in total. The third-order valence-corrected chi connectivity index (χ3v) is 5.91. The summed E-state index contributed by atoms with van der Waals surface area (Å²) < 4.78 is 27.5. The zero-order valence-corrected chi connectivity index (χ0v) is 15.4. The molecule has 2 aromatic rings. The van der Waals surface area contributed by atoms with Gasteiger partial charge in [0.05, 0.1) is 4.90 Å². The number of nitrogens with one attached hydrogen (secondary N) is 1. The molecule has 136 valence electrons. The van der Waals surface area contributed by atoms with Gasteiger partial charge in [0.25, 0.3) is 0 Å². The van der Waals surface area contributed by atoms with Crippen LogP contribution < -0.4 is 9.62 Å². The maximum Gasteiger partial charge on any atom is 0.245 e. The molecule has 1 heterocycles. The van der Waals surface area contributed by atoms with Crippen molar-refractivity contribution >= 4 is 27.4 Å². The van der Waals surface area contributed by atoms with Crippen molar-refractivity contribution < 1.29 is 18.0 Å². The van der Waals surface area contributed by atoms with Gasteiger partial charge in [-0.05, 0) is 44.5 Å². The number of sulfonamides is 1. The van der Waals surface area contributed by atoms with E-state index in [0.717, 1.165) is 11.3 Å². The van der Waals surface area contributed by atoms with Crippen LogP contribution in [0.15, 0.2) is 53.4 Å². The summed E-state index contributed by atoms with van der Waals surface area (Å²) in [6.07, 6.45) is 0.400. The summed E-state index contributed by atoms with van der Waals surface area (Å²) in [6.45, 7) is 3.83. The highest BCUT2D eigenvalue weighted by atomic mass is 32.2. The Morgan fingerprint density at radius 1 is 1.08 bits per heavy atom. The van der Waals surface area contributed by atoms with Gasteiger partial charge >= 0.3 is 0 Å². The quantitative estimate of drug-likeness (QED) is 0.816. The second-order valence-corrected chi connectivity index (χ2v) is 8.08. The Hall–Kier alpha value is -2.51. The standard InChI is InChI=1S/C19H20N2O4S/c1-13-3-7-16(8-4-13)21-12-11-18(19(21)23)20-26(24,25)17-9-5-15(6-10-17)14(2)22/h3-10,18,20H,11-12H2,1-2H3. The van der Waals surface area contributed by atoms with E-state index in [4.69, 9.17) is 0 Å². The van der Waals surface area contributed by atoms with Crippen molar-refractivity contribution in [2.45, 2.75) is 31.2 Å². The molecule has 0 bridgehead atoms. The summed E-state index contributed by atoms with van der Waals surface area (Å²) in [5, 5.41) is 0. The molecular weight excluding hydrogens is 352 g/mol. The molecular formula is C19H20N2O4S. The fourth-order valence-electron chi connectivity index (χ4n) is 2.89. The second kappa shape index (κ2) is 7.01. The van der Waals surface area contributed by atoms with E-state index in [9.17, 15) is 18.0 Å². The molecule has 1 N–H and O–H groups in total. The molecule has 1 atom stereocenters. The van der Waals surface area contributed by atoms with Crippen LogP contribution in [-0.2, 0) is 14.8 Å². The third kappa shape index (κ3) is 3.68. The van der Waals surface area contributed by atoms with Gasteiger partial charge in [0.1, 0.15) is 6.04 Å². The first-order valence-corrected chi connectivity index (χ1v) is 9.77. The van der Waals surface area contributed by atoms with E-state index in [2.05, 4.69) is 4.72 Å². The number of nitrogens with zero attached hydrogens (tertiary/aromatic N) is 1. The zero-order valence-electron chi connectivity index (χ0n) is 14.6. The lowest BCUT2D eigenvalue weighted by molar-refractivity contribution is -0.118. The van der Waals surface area contributed by atoms with Gasteiger partial charge in [-0.1, -0.05) is 29.8 Å². The number of Topliss-reactive ketones (excluding diaryl/α,β-unsaturated/α-hetero) is 1. The number of carbonyl (C=O) groups is 2. The maximum absolute atomic E-state index is 12.6. The number of benzene rings is 2. The van der Waals surface area contributed by atoms with Crippen LogP contribution >= 0.6 is 0 Å². The Morgan fingerprint density at radius 2 is 1.69 bits per heavy atom. The Bertz CT molecular complexity index is 935. The van der Waals surface area contributed by atoms with Crippen molar-refractivity contribution in [2.75, 3.05) is 11.4 Å². The fraction of sp³-hybridized carbons (Fsp3) is 0.263. The first-order chi connectivity index (χ1) is 12.3. The van der Waals surface area contributed by atoms with Crippen LogP contribution in [0.25, 0.3) is 0 Å². The molecule has 1 aliphatic rings. The largest absolute Gasteiger partial charge is 0.311 e. The normalized spacial score (nSPS) is 17.5. The molecule has 0 aromatic heterocycles. The Morgan fingerprint density at radius 3 is 2.27 bits per heavy atom. The van der Waals surface area contributed by atoms with Gasteiger partial charge in [-0.3, -0.25) is 9.59 Å². The van der Waals surface area contributed by atoms with Gasteiger partial charge in [-0.25, -0.2) is 8.42 Å². The molecule has 26 heavy (non-hydrogen) atoms. The topological polar surface area (TPSA) is 83.6 Å². The number of ketones is 1. The van der Waals surface area contributed by atoms with Crippen LogP contribution in [0.4, 0.5) is 5.69 Å². The van der Waals surface area contributed by atoms with E-state index in [-0.39, 0.29) is 16.6 Å². The summed E-state index contributed by atoms with van der Waals surface area (Å²) in [6, 6.07) is 12.4. The molecule has 3 rings (SSSR count). The lowest BCUT2D eigenvalue weighted by atomic mass is 10.2. The van der Waals surface area contributed by atoms with Crippen molar-refractivity contribution in [1.82, 2.24) is 4.72 Å². The summed E-state index contributed by atoms with van der Waals surface area (Å²) in [4.78, 5) is 25.5. The predicted molar refractivity (Wildman–Crippen MR) is 98.7 cm³/mol. The number of rotatable bonds is 5. The van der Waals surface area contributed by atoms with Crippen molar-refractivity contribution in [1.29, 1.82) is 0 Å². The number of anilines is 1. The van der Waals surface area contributed by atoms with E-state index < -0.39 is 16.1 Å². The first kappa shape index (κ1) is 18.3. The third-order valence-electron chi connectivity index (χ3n) is 4.42. The van der Waals surface area contributed by atoms with Crippen LogP contribution in [-0.4, -0.2) is 32.7 Å². The van der Waals surface area contributed by atoms with Gasteiger partial charge in [0, 0.05) is 17.8 Å². The van der Waals surface area contributed by atoms with E-state index in [0.29, 0.717) is 18.5 Å². The fourth-order valence-corrected chi connectivity index (χ4v) is 4.12. The molecule has 0 saturated carbocycles. The first-order valence-electron chi connectivity index (χ1n) is 8.29. The lowest BCUT2D eigenvalue weighted by Gasteiger charge is -2.17. The Balaban J connectivity index is 1.75. The zero-order chi connectivity index (χ0) is 18.9. The summed E-state index contributed by atoms with van der Waals surface area (Å²) in [5.41, 5.74) is 2.28. The number of amides is 1. The summed E-state index contributed by atoms with van der Waals surface area (Å²) in [5.74, 6) is -0.403. The maximum atomic E-state index is 12.6. The molecule has 2 aromatic carbocycles. The molecule has 1 amide bonds. The van der Waals surface area contributed by atoms with Crippen LogP contribution in [0.1, 0.15) is 29.3 Å². The van der Waals surface area contributed by atoms with Crippen molar-refractivity contribution in [3.8, 4) is 0 Å². The van der Waals surface area contributed by atoms with Crippen LogP contribution in [0.5, 0.6) is 0 Å². The minimum Gasteiger partial charge on any atom is -0.311 e. The van der Waals surface area contributed by atoms with E-state index in [1.807, 2.05) is 31.2 Å². The Kier molecular flexibility index (Phi) is 4.93. The number of aryl methyl sites for hydroxylation is 1. The summed E-state index contributed by atoms with van der Waals surface area (Å²) in [7, 11) is -3.84. The van der Waals surface area contributed by atoms with Crippen LogP contribution in [0.3, 0.4) is 0 Å². The molecule has 1 unspecified atom stereocenters. The predicted octanol–water partition coefficient (Wildman–Crippen LogP) is 2.28. The van der Waals surface area contributed by atoms with E-state index in [1.165, 1.54) is 31.2 Å². The molecule has 1 aliphatic heterocycles. The molecule has 1 saturated heterocycles. The Labute approximate surface area is 152 Å². The SMILES string of the molecule is CC(=O)c1ccc(S(=O)(=O)NC2CCN(c3ccc(C)cc3)C2=O)cc1. The van der Waals surface area contributed by atoms with Gasteiger partial charge < -0.3 is 4.90 Å². The number of hydrogen-bond acceptors (Lipinski definition) is 4. The van der Waals surface area contributed by atoms with Crippen molar-refractivity contribution in [3.05, 3.63) is 59.7 Å². The smallest absolute Gasteiger partial charge is 0.245 e. The highest BCUT2D eigenvalue weighted by molar-refractivity contribution is 7.89. The summed E-state index contributed by atoms with van der Waals surface area (Å²) >= 11 is 0.